The van der Waals surface area contributed by atoms with Crippen molar-refractivity contribution in [1.82, 2.24) is 14.7 Å². The predicted octanol–water partition coefficient (Wildman–Crippen LogP) is 2.19. The second-order valence-electron chi connectivity index (χ2n) is 5.89. The van der Waals surface area contributed by atoms with Gasteiger partial charge in [0.25, 0.3) is 0 Å². The number of carbonyl (C=O) groups excluding carboxylic acids is 1. The van der Waals surface area contributed by atoms with E-state index in [1.807, 2.05) is 42.3 Å². The average Bonchev–Trinajstić information content (AvgIpc) is 3.16. The van der Waals surface area contributed by atoms with Gasteiger partial charge in [0, 0.05) is 38.6 Å². The molecule has 2 heterocycles. The minimum Gasteiger partial charge on any atom is -0.495 e. The van der Waals surface area contributed by atoms with E-state index >= 15 is 0 Å². The van der Waals surface area contributed by atoms with Crippen molar-refractivity contribution in [2.45, 2.75) is 19.4 Å². The lowest BCUT2D eigenvalue weighted by Crippen LogP contribution is -2.50. The summed E-state index contributed by atoms with van der Waals surface area (Å²) in [4.78, 5) is 17.0. The van der Waals surface area contributed by atoms with Gasteiger partial charge in [-0.25, -0.2) is 0 Å². The standard InChI is InChI=1S/C18H24N4O2/c1-3-15(22-10-6-9-19-22)18(23)21-13-11-20(12-14-21)16-7-4-5-8-17(16)24-2/h4-10,15H,3,11-14H2,1-2H3/t15-/m1/s1. The number of ether oxygens (including phenoxy) is 1. The summed E-state index contributed by atoms with van der Waals surface area (Å²) in [5, 5.41) is 4.23. The molecule has 24 heavy (non-hydrogen) atoms. The molecule has 1 amide bonds. The zero-order valence-electron chi connectivity index (χ0n) is 14.3. The number of amides is 1. The van der Waals surface area contributed by atoms with Crippen molar-refractivity contribution < 1.29 is 9.53 Å². The SMILES string of the molecule is CC[C@H](C(=O)N1CCN(c2ccccc2OC)CC1)n1cccn1. The van der Waals surface area contributed by atoms with Crippen LogP contribution in [0.2, 0.25) is 0 Å². The smallest absolute Gasteiger partial charge is 0.247 e. The Kier molecular flexibility index (Phi) is 5.03. The van der Waals surface area contributed by atoms with Gasteiger partial charge < -0.3 is 14.5 Å². The molecule has 1 aromatic carbocycles. The van der Waals surface area contributed by atoms with Crippen LogP contribution >= 0.6 is 0 Å². The molecule has 6 heteroatoms. The van der Waals surface area contributed by atoms with E-state index < -0.39 is 0 Å². The number of nitrogens with zero attached hydrogens (tertiary/aromatic N) is 4. The Morgan fingerprint density at radius 2 is 1.96 bits per heavy atom. The normalized spacial score (nSPS) is 16.1. The van der Waals surface area contributed by atoms with Gasteiger partial charge in [0.15, 0.2) is 0 Å². The van der Waals surface area contributed by atoms with Gasteiger partial charge >= 0.3 is 0 Å². The number of carbonyl (C=O) groups is 1. The first kappa shape index (κ1) is 16.4. The molecule has 0 unspecified atom stereocenters. The van der Waals surface area contributed by atoms with Crippen LogP contribution in [0.25, 0.3) is 0 Å². The number of hydrogen-bond acceptors (Lipinski definition) is 4. The molecule has 1 aliphatic heterocycles. The molecule has 1 aliphatic rings. The Labute approximate surface area is 142 Å². The highest BCUT2D eigenvalue weighted by Gasteiger charge is 2.28. The van der Waals surface area contributed by atoms with Crippen LogP contribution in [0.4, 0.5) is 5.69 Å². The number of rotatable bonds is 5. The van der Waals surface area contributed by atoms with Crippen molar-refractivity contribution in [3.8, 4) is 5.75 Å². The topological polar surface area (TPSA) is 50.6 Å². The Morgan fingerprint density at radius 1 is 1.21 bits per heavy atom. The maximum absolute atomic E-state index is 12.8. The lowest BCUT2D eigenvalue weighted by atomic mass is 10.1. The highest BCUT2D eigenvalue weighted by Crippen LogP contribution is 2.28. The molecule has 0 radical (unpaired) electrons. The molecule has 2 aromatic rings. The van der Waals surface area contributed by atoms with Crippen molar-refractivity contribution in [3.63, 3.8) is 0 Å². The number of methoxy groups -OCH3 is 1. The lowest BCUT2D eigenvalue weighted by Gasteiger charge is -2.37. The number of aromatic nitrogens is 2. The van der Waals surface area contributed by atoms with Gasteiger partial charge in [-0.3, -0.25) is 9.48 Å². The van der Waals surface area contributed by atoms with Gasteiger partial charge in [-0.1, -0.05) is 19.1 Å². The molecule has 3 rings (SSSR count). The highest BCUT2D eigenvalue weighted by atomic mass is 16.5. The number of anilines is 1. The van der Waals surface area contributed by atoms with E-state index in [1.54, 1.807) is 18.0 Å². The summed E-state index contributed by atoms with van der Waals surface area (Å²) in [6.45, 7) is 5.07. The van der Waals surface area contributed by atoms with Gasteiger partial charge in [-0.2, -0.15) is 5.10 Å². The number of hydrogen-bond donors (Lipinski definition) is 0. The van der Waals surface area contributed by atoms with Crippen LogP contribution in [0.1, 0.15) is 19.4 Å². The van der Waals surface area contributed by atoms with Crippen molar-refractivity contribution >= 4 is 11.6 Å². The summed E-state index contributed by atoms with van der Waals surface area (Å²) >= 11 is 0. The zero-order chi connectivity index (χ0) is 16.9. The van der Waals surface area contributed by atoms with Crippen LogP contribution in [0.3, 0.4) is 0 Å². The first-order chi connectivity index (χ1) is 11.7. The van der Waals surface area contributed by atoms with E-state index in [4.69, 9.17) is 4.74 Å². The molecular formula is C18H24N4O2. The van der Waals surface area contributed by atoms with Crippen LogP contribution in [0.15, 0.2) is 42.7 Å². The third-order valence-corrected chi connectivity index (χ3v) is 4.53. The number of benzene rings is 1. The molecule has 1 aromatic heterocycles. The minimum absolute atomic E-state index is 0.154. The molecule has 1 atom stereocenters. The van der Waals surface area contributed by atoms with Gasteiger partial charge in [0.05, 0.1) is 12.8 Å². The number of piperazine rings is 1. The van der Waals surface area contributed by atoms with Crippen LogP contribution < -0.4 is 9.64 Å². The van der Waals surface area contributed by atoms with Crippen molar-refractivity contribution in [2.24, 2.45) is 0 Å². The summed E-state index contributed by atoms with van der Waals surface area (Å²) in [7, 11) is 1.69. The molecule has 1 fully saturated rings. The highest BCUT2D eigenvalue weighted by molar-refractivity contribution is 5.80. The predicted molar refractivity (Wildman–Crippen MR) is 93.3 cm³/mol. The summed E-state index contributed by atoms with van der Waals surface area (Å²) in [6.07, 6.45) is 4.32. The van der Waals surface area contributed by atoms with Crippen molar-refractivity contribution in [2.75, 3.05) is 38.2 Å². The molecule has 0 saturated carbocycles. The summed E-state index contributed by atoms with van der Waals surface area (Å²) in [5.41, 5.74) is 1.09. The first-order valence-corrected chi connectivity index (χ1v) is 8.40. The Balaban J connectivity index is 1.65. The third-order valence-electron chi connectivity index (χ3n) is 4.53. The molecule has 0 N–H and O–H groups in total. The Bertz CT molecular complexity index is 663. The molecule has 6 nitrogen and oxygen atoms in total. The molecule has 128 valence electrons. The summed E-state index contributed by atoms with van der Waals surface area (Å²) in [6, 6.07) is 9.67. The maximum atomic E-state index is 12.8. The first-order valence-electron chi connectivity index (χ1n) is 8.40. The molecule has 0 spiro atoms. The van der Waals surface area contributed by atoms with Crippen LogP contribution in [0.5, 0.6) is 5.75 Å². The van der Waals surface area contributed by atoms with Gasteiger partial charge in [-0.15, -0.1) is 0 Å². The van der Waals surface area contributed by atoms with E-state index in [2.05, 4.69) is 16.1 Å². The second kappa shape index (κ2) is 7.38. The molecule has 0 bridgehead atoms. The van der Waals surface area contributed by atoms with Gasteiger partial charge in [-0.05, 0) is 24.6 Å². The molecule has 0 aliphatic carbocycles. The summed E-state index contributed by atoms with van der Waals surface area (Å²) < 4.78 is 7.20. The monoisotopic (exact) mass is 328 g/mol. The fourth-order valence-electron chi connectivity index (χ4n) is 3.21. The third kappa shape index (κ3) is 3.22. The van der Waals surface area contributed by atoms with Gasteiger partial charge in [0.1, 0.15) is 11.8 Å². The van der Waals surface area contributed by atoms with E-state index in [-0.39, 0.29) is 11.9 Å². The van der Waals surface area contributed by atoms with Crippen LogP contribution in [0, 0.1) is 0 Å². The fourth-order valence-corrected chi connectivity index (χ4v) is 3.21. The minimum atomic E-state index is -0.210. The van der Waals surface area contributed by atoms with E-state index in [1.165, 1.54) is 0 Å². The van der Waals surface area contributed by atoms with E-state index in [0.717, 1.165) is 30.9 Å². The largest absolute Gasteiger partial charge is 0.495 e. The summed E-state index contributed by atoms with van der Waals surface area (Å²) in [5.74, 6) is 1.03. The van der Waals surface area contributed by atoms with E-state index in [9.17, 15) is 4.79 Å². The lowest BCUT2D eigenvalue weighted by molar-refractivity contribution is -0.135. The quantitative estimate of drug-likeness (QED) is 0.844. The fraction of sp³-hybridized carbons (Fsp3) is 0.444. The van der Waals surface area contributed by atoms with Crippen LogP contribution in [-0.2, 0) is 4.79 Å². The second-order valence-corrected chi connectivity index (χ2v) is 5.89. The maximum Gasteiger partial charge on any atom is 0.247 e. The zero-order valence-corrected chi connectivity index (χ0v) is 14.3. The van der Waals surface area contributed by atoms with Crippen molar-refractivity contribution in [1.29, 1.82) is 0 Å². The molecular weight excluding hydrogens is 304 g/mol. The Morgan fingerprint density at radius 3 is 2.58 bits per heavy atom. The average molecular weight is 328 g/mol. The van der Waals surface area contributed by atoms with E-state index in [0.29, 0.717) is 13.1 Å². The van der Waals surface area contributed by atoms with Gasteiger partial charge in [0.2, 0.25) is 5.91 Å². The number of para-hydroxylation sites is 2. The Hall–Kier alpha value is -2.50. The molecule has 1 saturated heterocycles. The van der Waals surface area contributed by atoms with Crippen LogP contribution in [-0.4, -0.2) is 53.9 Å². The van der Waals surface area contributed by atoms with Crippen molar-refractivity contribution in [3.05, 3.63) is 42.7 Å².